The molecule has 3 rings (SSSR count). The third kappa shape index (κ3) is 3.53. The van der Waals surface area contributed by atoms with Crippen LogP contribution < -0.4 is 5.32 Å². The monoisotopic (exact) mass is 338 g/mol. The smallest absolute Gasteiger partial charge is 0.317 e. The van der Waals surface area contributed by atoms with Gasteiger partial charge in [0.2, 0.25) is 0 Å². The number of aliphatic hydroxyl groups is 1. The molecule has 2 unspecified atom stereocenters. The number of hydrogen-bond donors (Lipinski definition) is 2. The minimum atomic E-state index is -0.549. The van der Waals surface area contributed by atoms with Gasteiger partial charge in [0.15, 0.2) is 0 Å². The molecule has 0 heterocycles. The van der Waals surface area contributed by atoms with Gasteiger partial charge in [-0.15, -0.1) is 0 Å². The molecular weight excluding hydrogens is 314 g/mol. The average molecular weight is 338 g/mol. The number of aliphatic hydroxyl groups excluding tert-OH is 1. The van der Waals surface area contributed by atoms with Gasteiger partial charge in [0.05, 0.1) is 0 Å². The standard InChI is InChI=1S/C18H24F2N2O2/c1-22(12-7-5-11(10-23)6-8-12)18(24)21-16-9-13(16)17-14(19)3-2-4-15(17)20/h2-4,11-13,16,23H,5-10H2,1H3,(H,21,24). The zero-order chi connectivity index (χ0) is 17.3. The van der Waals surface area contributed by atoms with Gasteiger partial charge in [-0.25, -0.2) is 13.6 Å². The zero-order valence-corrected chi connectivity index (χ0v) is 13.8. The van der Waals surface area contributed by atoms with Crippen molar-refractivity contribution in [2.24, 2.45) is 5.92 Å². The van der Waals surface area contributed by atoms with Crippen LogP contribution in [0.1, 0.15) is 43.6 Å². The number of carbonyl (C=O) groups is 1. The van der Waals surface area contributed by atoms with E-state index in [1.807, 2.05) is 0 Å². The molecule has 0 spiro atoms. The summed E-state index contributed by atoms with van der Waals surface area (Å²) in [7, 11) is 1.76. The highest BCUT2D eigenvalue weighted by atomic mass is 19.1. The van der Waals surface area contributed by atoms with Gasteiger partial charge in [0.25, 0.3) is 0 Å². The van der Waals surface area contributed by atoms with E-state index in [2.05, 4.69) is 5.32 Å². The van der Waals surface area contributed by atoms with Crippen molar-refractivity contribution in [3.05, 3.63) is 35.4 Å². The van der Waals surface area contributed by atoms with Crippen molar-refractivity contribution in [3.63, 3.8) is 0 Å². The van der Waals surface area contributed by atoms with E-state index in [1.165, 1.54) is 18.2 Å². The summed E-state index contributed by atoms with van der Waals surface area (Å²) < 4.78 is 27.6. The summed E-state index contributed by atoms with van der Waals surface area (Å²) in [5, 5.41) is 12.1. The molecule has 0 bridgehead atoms. The van der Waals surface area contributed by atoms with Crippen molar-refractivity contribution in [1.29, 1.82) is 0 Å². The molecule has 2 aliphatic rings. The maximum Gasteiger partial charge on any atom is 0.317 e. The van der Waals surface area contributed by atoms with Crippen LogP contribution in [0.3, 0.4) is 0 Å². The van der Waals surface area contributed by atoms with Crippen molar-refractivity contribution in [1.82, 2.24) is 10.2 Å². The molecule has 2 aliphatic carbocycles. The molecule has 24 heavy (non-hydrogen) atoms. The van der Waals surface area contributed by atoms with E-state index in [9.17, 15) is 18.7 Å². The summed E-state index contributed by atoms with van der Waals surface area (Å²) >= 11 is 0. The predicted octanol–water partition coefficient (Wildman–Crippen LogP) is 3.01. The zero-order valence-electron chi connectivity index (χ0n) is 13.8. The Bertz CT molecular complexity index is 582. The third-order valence-electron chi connectivity index (χ3n) is 5.41. The van der Waals surface area contributed by atoms with E-state index in [0.717, 1.165) is 25.7 Å². The molecule has 0 aliphatic heterocycles. The molecule has 4 nitrogen and oxygen atoms in total. The number of nitrogens with one attached hydrogen (secondary N) is 1. The molecule has 6 heteroatoms. The van der Waals surface area contributed by atoms with Crippen molar-refractivity contribution in [2.45, 2.75) is 50.1 Å². The fraction of sp³-hybridized carbons (Fsp3) is 0.611. The highest BCUT2D eigenvalue weighted by molar-refractivity contribution is 5.75. The van der Waals surface area contributed by atoms with Gasteiger partial charge in [-0.2, -0.15) is 0 Å². The minimum Gasteiger partial charge on any atom is -0.396 e. The van der Waals surface area contributed by atoms with E-state index in [4.69, 9.17) is 0 Å². The molecule has 1 aromatic carbocycles. The van der Waals surface area contributed by atoms with Crippen molar-refractivity contribution in [3.8, 4) is 0 Å². The lowest BCUT2D eigenvalue weighted by Gasteiger charge is -2.34. The van der Waals surface area contributed by atoms with Gasteiger partial charge in [-0.05, 0) is 50.2 Å². The molecule has 2 saturated carbocycles. The maximum absolute atomic E-state index is 13.8. The fourth-order valence-corrected chi connectivity index (χ4v) is 3.68. The van der Waals surface area contributed by atoms with E-state index < -0.39 is 11.6 Å². The number of rotatable bonds is 4. The van der Waals surface area contributed by atoms with E-state index >= 15 is 0 Å². The summed E-state index contributed by atoms with van der Waals surface area (Å²) in [6, 6.07) is 3.62. The lowest BCUT2D eigenvalue weighted by Crippen LogP contribution is -2.46. The summed E-state index contributed by atoms with van der Waals surface area (Å²) in [6.45, 7) is 0.209. The molecular formula is C18H24F2N2O2. The Balaban J connectivity index is 1.53. The minimum absolute atomic E-state index is 0.0777. The van der Waals surface area contributed by atoms with Gasteiger partial charge >= 0.3 is 6.03 Å². The predicted molar refractivity (Wildman–Crippen MR) is 86.6 cm³/mol. The Hall–Kier alpha value is -1.69. The third-order valence-corrected chi connectivity index (χ3v) is 5.41. The summed E-state index contributed by atoms with van der Waals surface area (Å²) in [5.74, 6) is -1.04. The van der Waals surface area contributed by atoms with Crippen LogP contribution in [-0.2, 0) is 0 Å². The highest BCUT2D eigenvalue weighted by Gasteiger charge is 2.43. The van der Waals surface area contributed by atoms with Crippen LogP contribution >= 0.6 is 0 Å². The topological polar surface area (TPSA) is 52.6 Å². The Morgan fingerprint density at radius 1 is 1.25 bits per heavy atom. The van der Waals surface area contributed by atoms with Gasteiger partial charge in [-0.3, -0.25) is 0 Å². The van der Waals surface area contributed by atoms with Gasteiger partial charge in [-0.1, -0.05) is 6.07 Å². The SMILES string of the molecule is CN(C(=O)NC1CC1c1c(F)cccc1F)C1CCC(CO)CC1. The van der Waals surface area contributed by atoms with E-state index in [0.29, 0.717) is 12.3 Å². The molecule has 2 fully saturated rings. The summed E-state index contributed by atoms with van der Waals surface area (Å²) in [4.78, 5) is 14.1. The number of halogens is 2. The van der Waals surface area contributed by atoms with Crippen molar-refractivity contribution < 1.29 is 18.7 Å². The molecule has 132 valence electrons. The second-order valence-corrected chi connectivity index (χ2v) is 7.00. The first-order valence-electron chi connectivity index (χ1n) is 8.59. The maximum atomic E-state index is 13.8. The van der Waals surface area contributed by atoms with E-state index in [1.54, 1.807) is 11.9 Å². The van der Waals surface area contributed by atoms with Crippen LogP contribution in [-0.4, -0.2) is 41.8 Å². The molecule has 0 radical (unpaired) electrons. The molecule has 0 saturated heterocycles. The Morgan fingerprint density at radius 2 is 1.88 bits per heavy atom. The Morgan fingerprint density at radius 3 is 2.46 bits per heavy atom. The van der Waals surface area contributed by atoms with Crippen LogP contribution in [0.15, 0.2) is 18.2 Å². The van der Waals surface area contributed by atoms with Gasteiger partial charge in [0.1, 0.15) is 11.6 Å². The van der Waals surface area contributed by atoms with Crippen molar-refractivity contribution >= 4 is 6.03 Å². The van der Waals surface area contributed by atoms with Gasteiger partial charge < -0.3 is 15.3 Å². The molecule has 2 amide bonds. The largest absolute Gasteiger partial charge is 0.396 e. The van der Waals surface area contributed by atoms with Crippen LogP contribution in [0.4, 0.5) is 13.6 Å². The van der Waals surface area contributed by atoms with Crippen molar-refractivity contribution in [2.75, 3.05) is 13.7 Å². The second-order valence-electron chi connectivity index (χ2n) is 7.00. The normalized spacial score (nSPS) is 29.2. The quantitative estimate of drug-likeness (QED) is 0.887. The highest BCUT2D eigenvalue weighted by Crippen LogP contribution is 2.43. The summed E-state index contributed by atoms with van der Waals surface area (Å²) in [5.41, 5.74) is 0.0777. The van der Waals surface area contributed by atoms with Crippen LogP contribution in [0.25, 0.3) is 0 Å². The lowest BCUT2D eigenvalue weighted by molar-refractivity contribution is 0.134. The molecule has 2 atom stereocenters. The van der Waals surface area contributed by atoms with E-state index in [-0.39, 0.29) is 36.2 Å². The number of amides is 2. The first-order chi connectivity index (χ1) is 11.5. The number of hydrogen-bond acceptors (Lipinski definition) is 2. The number of urea groups is 1. The Kier molecular flexibility index (Phi) is 5.04. The summed E-state index contributed by atoms with van der Waals surface area (Å²) in [6.07, 6.45) is 4.17. The first-order valence-corrected chi connectivity index (χ1v) is 8.59. The van der Waals surface area contributed by atoms with Crippen LogP contribution in [0.5, 0.6) is 0 Å². The molecule has 0 aromatic heterocycles. The van der Waals surface area contributed by atoms with Crippen LogP contribution in [0.2, 0.25) is 0 Å². The molecule has 1 aromatic rings. The average Bonchev–Trinajstić information content (AvgIpc) is 3.32. The first kappa shape index (κ1) is 17.1. The number of nitrogens with zero attached hydrogens (tertiary/aromatic N) is 1. The number of carbonyl (C=O) groups excluding carboxylic acids is 1. The Labute approximate surface area is 140 Å². The fourth-order valence-electron chi connectivity index (χ4n) is 3.68. The van der Waals surface area contributed by atoms with Gasteiger partial charge in [0, 0.05) is 37.2 Å². The lowest BCUT2D eigenvalue weighted by atomic mass is 9.86. The van der Waals surface area contributed by atoms with Crippen LogP contribution in [0, 0.1) is 17.6 Å². The number of benzene rings is 1. The molecule has 2 N–H and O–H groups in total. The second kappa shape index (κ2) is 7.05.